The van der Waals surface area contributed by atoms with Gasteiger partial charge in [0.1, 0.15) is 11.5 Å². The van der Waals surface area contributed by atoms with Crippen LogP contribution in [0.5, 0.6) is 11.5 Å². The van der Waals surface area contributed by atoms with Crippen LogP contribution in [0.15, 0.2) is 42.5 Å². The number of ether oxygens (including phenoxy) is 1. The summed E-state index contributed by atoms with van der Waals surface area (Å²) in [6, 6.07) is 13.6. The van der Waals surface area contributed by atoms with E-state index < -0.39 is 0 Å². The summed E-state index contributed by atoms with van der Waals surface area (Å²) in [4.78, 5) is 0. The van der Waals surface area contributed by atoms with Gasteiger partial charge in [0.15, 0.2) is 0 Å². The topological polar surface area (TPSA) is 35.2 Å². The third kappa shape index (κ3) is 2.66. The van der Waals surface area contributed by atoms with Gasteiger partial charge in [0.2, 0.25) is 0 Å². The number of halogens is 1. The second-order valence-corrected chi connectivity index (χ2v) is 4.39. The lowest BCUT2D eigenvalue weighted by molar-refractivity contribution is 0.471. The molecule has 3 heteroatoms. The van der Waals surface area contributed by atoms with Crippen LogP contribution in [0.4, 0.5) is 0 Å². The van der Waals surface area contributed by atoms with E-state index in [0.29, 0.717) is 11.6 Å². The monoisotopic (exact) mass is 261 g/mol. The van der Waals surface area contributed by atoms with Gasteiger partial charge < -0.3 is 10.5 Å². The van der Waals surface area contributed by atoms with Crippen molar-refractivity contribution < 1.29 is 4.74 Å². The molecule has 2 N–H and O–H groups in total. The van der Waals surface area contributed by atoms with Crippen molar-refractivity contribution in [3.05, 3.63) is 58.6 Å². The smallest absolute Gasteiger partial charge is 0.133 e. The minimum atomic E-state index is 0.364. The first-order valence-electron chi connectivity index (χ1n) is 5.99. The Labute approximate surface area is 112 Å². The molecular weight excluding hydrogens is 246 g/mol. The van der Waals surface area contributed by atoms with Crippen LogP contribution >= 0.6 is 11.6 Å². The average Bonchev–Trinajstić information content (AvgIpc) is 2.40. The first-order chi connectivity index (χ1) is 8.76. The van der Waals surface area contributed by atoms with Crippen LogP contribution < -0.4 is 10.5 Å². The molecule has 0 aliphatic rings. The summed E-state index contributed by atoms with van der Waals surface area (Å²) in [5.74, 6) is 1.59. The van der Waals surface area contributed by atoms with Crippen LogP contribution in [0.25, 0.3) is 0 Å². The van der Waals surface area contributed by atoms with Crippen molar-refractivity contribution in [2.24, 2.45) is 5.73 Å². The number of hydrogen-bond acceptors (Lipinski definition) is 2. The maximum Gasteiger partial charge on any atom is 0.133 e. The first kappa shape index (κ1) is 12.9. The van der Waals surface area contributed by atoms with Gasteiger partial charge in [0.25, 0.3) is 0 Å². The molecule has 94 valence electrons. The second-order valence-electron chi connectivity index (χ2n) is 3.98. The molecule has 2 nitrogen and oxygen atoms in total. The van der Waals surface area contributed by atoms with Crippen LogP contribution in [0.1, 0.15) is 18.1 Å². The molecule has 0 atom stereocenters. The third-order valence-corrected chi connectivity index (χ3v) is 3.21. The van der Waals surface area contributed by atoms with Gasteiger partial charge in [-0.25, -0.2) is 0 Å². The zero-order chi connectivity index (χ0) is 13.0. The molecule has 0 saturated carbocycles. The highest BCUT2D eigenvalue weighted by Gasteiger charge is 2.09. The highest BCUT2D eigenvalue weighted by molar-refractivity contribution is 6.31. The fraction of sp³-hybridized carbons (Fsp3) is 0.200. The number of para-hydroxylation sites is 1. The Morgan fingerprint density at radius 1 is 1.06 bits per heavy atom. The fourth-order valence-electron chi connectivity index (χ4n) is 1.85. The molecule has 18 heavy (non-hydrogen) atoms. The summed E-state index contributed by atoms with van der Waals surface area (Å²) in [6.45, 7) is 2.47. The van der Waals surface area contributed by atoms with Crippen LogP contribution in [-0.4, -0.2) is 0 Å². The van der Waals surface area contributed by atoms with Crippen LogP contribution in [0.3, 0.4) is 0 Å². The van der Waals surface area contributed by atoms with Gasteiger partial charge >= 0.3 is 0 Å². The van der Waals surface area contributed by atoms with Crippen LogP contribution in [0.2, 0.25) is 5.02 Å². The van der Waals surface area contributed by atoms with Crippen molar-refractivity contribution in [1.29, 1.82) is 0 Å². The molecule has 0 unspecified atom stereocenters. The molecule has 0 bridgehead atoms. The molecule has 0 amide bonds. The summed E-state index contributed by atoms with van der Waals surface area (Å²) in [5, 5.41) is 0.643. The molecule has 2 aromatic carbocycles. The van der Waals surface area contributed by atoms with E-state index in [1.54, 1.807) is 0 Å². The molecule has 0 aliphatic carbocycles. The maximum absolute atomic E-state index is 6.11. The largest absolute Gasteiger partial charge is 0.457 e. The Bertz CT molecular complexity index is 540. The molecule has 0 radical (unpaired) electrons. The summed E-state index contributed by atoms with van der Waals surface area (Å²) in [6.07, 6.45) is 0.925. The molecule has 0 fully saturated rings. The van der Waals surface area contributed by atoms with Crippen molar-refractivity contribution in [3.8, 4) is 11.5 Å². The van der Waals surface area contributed by atoms with Crippen LogP contribution in [-0.2, 0) is 13.0 Å². The third-order valence-electron chi connectivity index (χ3n) is 2.85. The molecule has 2 rings (SSSR count). The number of benzene rings is 2. The number of nitrogens with two attached hydrogens (primary N) is 1. The minimum absolute atomic E-state index is 0.364. The minimum Gasteiger partial charge on any atom is -0.457 e. The van der Waals surface area contributed by atoms with E-state index in [1.807, 2.05) is 36.4 Å². The van der Waals surface area contributed by atoms with Crippen molar-refractivity contribution in [1.82, 2.24) is 0 Å². The normalized spacial score (nSPS) is 10.4. The summed E-state index contributed by atoms with van der Waals surface area (Å²) < 4.78 is 5.94. The quantitative estimate of drug-likeness (QED) is 0.897. The molecule has 2 aromatic rings. The molecule has 0 heterocycles. The Hall–Kier alpha value is -1.51. The standard InChI is InChI=1S/C15H16ClNO/c1-2-11-6-3-4-8-14(11)18-15-9-5-7-13(16)12(15)10-17/h3-9H,2,10,17H2,1H3. The lowest BCUT2D eigenvalue weighted by Crippen LogP contribution is -2.01. The Morgan fingerprint density at radius 2 is 1.78 bits per heavy atom. The lowest BCUT2D eigenvalue weighted by Gasteiger charge is -2.13. The van der Waals surface area contributed by atoms with Gasteiger partial charge in [0.05, 0.1) is 0 Å². The van der Waals surface area contributed by atoms with Gasteiger partial charge in [-0.1, -0.05) is 42.8 Å². The van der Waals surface area contributed by atoms with Gasteiger partial charge in [-0.05, 0) is 30.2 Å². The first-order valence-corrected chi connectivity index (χ1v) is 6.37. The maximum atomic E-state index is 6.11. The Balaban J connectivity index is 2.37. The Morgan fingerprint density at radius 3 is 2.50 bits per heavy atom. The molecular formula is C15H16ClNO. The molecule has 0 aliphatic heterocycles. The summed E-state index contributed by atoms with van der Waals surface area (Å²) >= 11 is 6.11. The predicted octanol–water partition coefficient (Wildman–Crippen LogP) is 4.15. The molecule has 0 aromatic heterocycles. The van der Waals surface area contributed by atoms with Crippen molar-refractivity contribution in [2.45, 2.75) is 19.9 Å². The van der Waals surface area contributed by atoms with Gasteiger partial charge in [-0.2, -0.15) is 0 Å². The summed E-state index contributed by atoms with van der Waals surface area (Å²) in [7, 11) is 0. The number of aryl methyl sites for hydroxylation is 1. The Kier molecular flexibility index (Phi) is 4.24. The highest BCUT2D eigenvalue weighted by Crippen LogP contribution is 2.31. The van der Waals surface area contributed by atoms with Crippen molar-refractivity contribution >= 4 is 11.6 Å². The lowest BCUT2D eigenvalue weighted by atomic mass is 10.1. The zero-order valence-electron chi connectivity index (χ0n) is 10.3. The van der Waals surface area contributed by atoms with E-state index in [1.165, 1.54) is 5.56 Å². The molecule has 0 saturated heterocycles. The van der Waals surface area contributed by atoms with E-state index in [0.717, 1.165) is 23.5 Å². The predicted molar refractivity (Wildman–Crippen MR) is 75.2 cm³/mol. The summed E-state index contributed by atoms with van der Waals surface area (Å²) in [5.41, 5.74) is 7.72. The van der Waals surface area contributed by atoms with E-state index in [4.69, 9.17) is 22.1 Å². The van der Waals surface area contributed by atoms with Gasteiger partial charge in [0, 0.05) is 17.1 Å². The van der Waals surface area contributed by atoms with E-state index in [9.17, 15) is 0 Å². The number of rotatable bonds is 4. The van der Waals surface area contributed by atoms with Gasteiger partial charge in [-0.3, -0.25) is 0 Å². The highest BCUT2D eigenvalue weighted by atomic mass is 35.5. The second kappa shape index (κ2) is 5.89. The van der Waals surface area contributed by atoms with Gasteiger partial charge in [-0.15, -0.1) is 0 Å². The SMILES string of the molecule is CCc1ccccc1Oc1cccc(Cl)c1CN. The molecule has 0 spiro atoms. The fourth-order valence-corrected chi connectivity index (χ4v) is 2.09. The van der Waals surface area contributed by atoms with E-state index in [-0.39, 0.29) is 0 Å². The van der Waals surface area contributed by atoms with Crippen molar-refractivity contribution in [3.63, 3.8) is 0 Å². The van der Waals surface area contributed by atoms with E-state index >= 15 is 0 Å². The van der Waals surface area contributed by atoms with E-state index in [2.05, 4.69) is 13.0 Å². The van der Waals surface area contributed by atoms with Crippen molar-refractivity contribution in [2.75, 3.05) is 0 Å². The average molecular weight is 262 g/mol. The number of hydrogen-bond donors (Lipinski definition) is 1. The van der Waals surface area contributed by atoms with Crippen LogP contribution in [0, 0.1) is 0 Å². The zero-order valence-corrected chi connectivity index (χ0v) is 11.1.